The molecule has 14 nitrogen and oxygen atoms in total. The summed E-state index contributed by atoms with van der Waals surface area (Å²) in [6, 6.07) is 0. The predicted molar refractivity (Wildman–Crippen MR) is 141 cm³/mol. The third-order valence-corrected chi connectivity index (χ3v) is 5.84. The highest BCUT2D eigenvalue weighted by Crippen LogP contribution is 2.23. The van der Waals surface area contributed by atoms with Crippen LogP contribution in [0.4, 0.5) is 9.59 Å². The molecule has 0 radical (unpaired) electrons. The van der Waals surface area contributed by atoms with Crippen molar-refractivity contribution in [2.45, 2.75) is 85.6 Å². The van der Waals surface area contributed by atoms with Gasteiger partial charge in [-0.3, -0.25) is 10.2 Å². The second kappa shape index (κ2) is 12.0. The van der Waals surface area contributed by atoms with E-state index in [4.69, 9.17) is 19.3 Å². The molecule has 2 aliphatic heterocycles. The minimum absolute atomic E-state index is 0.0406. The molecule has 40 heavy (non-hydrogen) atoms. The molecule has 0 spiro atoms. The molecule has 0 bridgehead atoms. The zero-order valence-electron chi connectivity index (χ0n) is 24.0. The molecule has 0 saturated heterocycles. The second-order valence-corrected chi connectivity index (χ2v) is 11.4. The summed E-state index contributed by atoms with van der Waals surface area (Å²) in [5.41, 5.74) is 2.21. The van der Waals surface area contributed by atoms with E-state index in [1.165, 1.54) is 4.90 Å². The van der Waals surface area contributed by atoms with Crippen LogP contribution in [0.3, 0.4) is 0 Å². The quantitative estimate of drug-likeness (QED) is 0.371. The van der Waals surface area contributed by atoms with E-state index in [0.717, 1.165) is 11.3 Å². The number of ether oxygens (including phenoxy) is 3. The van der Waals surface area contributed by atoms with Gasteiger partial charge in [0.1, 0.15) is 11.2 Å². The zero-order valence-corrected chi connectivity index (χ0v) is 24.0. The molecule has 0 atom stereocenters. The fourth-order valence-electron chi connectivity index (χ4n) is 4.15. The Kier molecular flexibility index (Phi) is 9.10. The Hall–Kier alpha value is -4.10. The lowest BCUT2D eigenvalue weighted by Gasteiger charge is -2.29. The van der Waals surface area contributed by atoms with Gasteiger partial charge in [0, 0.05) is 24.2 Å². The van der Waals surface area contributed by atoms with E-state index in [0.29, 0.717) is 62.6 Å². The summed E-state index contributed by atoms with van der Waals surface area (Å²) in [5, 5.41) is 22.2. The van der Waals surface area contributed by atoms with Crippen molar-refractivity contribution in [2.24, 2.45) is 0 Å². The molecule has 2 aromatic rings. The average Bonchev–Trinajstić information content (AvgIpc) is 3.46. The molecular formula is C26H38N6O8. The fourth-order valence-corrected chi connectivity index (χ4v) is 4.15. The summed E-state index contributed by atoms with van der Waals surface area (Å²) >= 11 is 0. The number of carbonyl (C=O) groups is 4. The molecule has 0 saturated carbocycles. The third kappa shape index (κ3) is 7.73. The number of aromatic amines is 2. The first kappa shape index (κ1) is 30.4. The summed E-state index contributed by atoms with van der Waals surface area (Å²) < 4.78 is 15.6. The van der Waals surface area contributed by atoms with Crippen LogP contribution in [0.2, 0.25) is 0 Å². The largest absolute Gasteiger partial charge is 0.476 e. The number of carboxylic acids is 1. The maximum absolute atomic E-state index is 12.0. The molecular weight excluding hydrogens is 524 g/mol. The van der Waals surface area contributed by atoms with E-state index in [-0.39, 0.29) is 11.8 Å². The number of H-pyrrole nitrogens is 2. The van der Waals surface area contributed by atoms with Crippen molar-refractivity contribution >= 4 is 24.1 Å². The van der Waals surface area contributed by atoms with E-state index in [1.54, 1.807) is 32.6 Å². The van der Waals surface area contributed by atoms with Crippen molar-refractivity contribution < 1.29 is 38.5 Å². The van der Waals surface area contributed by atoms with E-state index in [9.17, 15) is 19.2 Å². The summed E-state index contributed by atoms with van der Waals surface area (Å²) in [4.78, 5) is 49.8. The Morgan fingerprint density at radius 2 is 1.23 bits per heavy atom. The minimum Gasteiger partial charge on any atom is -0.476 e. The highest BCUT2D eigenvalue weighted by molar-refractivity contribution is 5.89. The number of aromatic carboxylic acids is 1. The Labute approximate surface area is 232 Å². The highest BCUT2D eigenvalue weighted by atomic mass is 16.6. The van der Waals surface area contributed by atoms with Gasteiger partial charge in [0.2, 0.25) is 0 Å². The molecule has 4 rings (SSSR count). The molecule has 0 aromatic carbocycles. The van der Waals surface area contributed by atoms with Crippen LogP contribution >= 0.6 is 0 Å². The lowest BCUT2D eigenvalue weighted by Crippen LogP contribution is -2.40. The number of carboxylic acid groups (broad SMARTS) is 1. The molecule has 14 heteroatoms. The Morgan fingerprint density at radius 1 is 0.800 bits per heavy atom. The Balaban J connectivity index is 0.000000222. The topological polar surface area (TPSA) is 180 Å². The van der Waals surface area contributed by atoms with E-state index < -0.39 is 29.2 Å². The van der Waals surface area contributed by atoms with Gasteiger partial charge in [-0.15, -0.1) is 0 Å². The SMILES string of the molecule is CC(C)(C)OC(=O)N1CCc2c(C(=O)O)n[nH]c2C1.CCOC(=O)c1n[nH]c2c1CCN(C(=O)OC(C)(C)C)C2. The first-order valence-electron chi connectivity index (χ1n) is 13.1. The molecule has 3 N–H and O–H groups in total. The van der Waals surface area contributed by atoms with E-state index >= 15 is 0 Å². The van der Waals surface area contributed by atoms with Gasteiger partial charge < -0.3 is 29.1 Å². The lowest BCUT2D eigenvalue weighted by atomic mass is 10.0. The second-order valence-electron chi connectivity index (χ2n) is 11.4. The summed E-state index contributed by atoms with van der Waals surface area (Å²) in [6.45, 7) is 14.5. The zero-order chi connectivity index (χ0) is 29.8. The number of nitrogens with one attached hydrogen (secondary N) is 2. The van der Waals surface area contributed by atoms with Crippen LogP contribution in [0, 0.1) is 0 Å². The van der Waals surface area contributed by atoms with Gasteiger partial charge in [-0.2, -0.15) is 10.2 Å². The van der Waals surface area contributed by atoms with Crippen LogP contribution in [0.25, 0.3) is 0 Å². The van der Waals surface area contributed by atoms with E-state index in [1.807, 2.05) is 20.8 Å². The van der Waals surface area contributed by atoms with Crippen molar-refractivity contribution in [2.75, 3.05) is 19.7 Å². The summed E-state index contributed by atoms with van der Waals surface area (Å²) in [5.74, 6) is -1.48. The van der Waals surface area contributed by atoms with Crippen molar-refractivity contribution in [3.63, 3.8) is 0 Å². The van der Waals surface area contributed by atoms with Crippen molar-refractivity contribution in [3.05, 3.63) is 33.9 Å². The van der Waals surface area contributed by atoms with Gasteiger partial charge >= 0.3 is 24.1 Å². The highest BCUT2D eigenvalue weighted by Gasteiger charge is 2.31. The van der Waals surface area contributed by atoms with Crippen LogP contribution in [-0.2, 0) is 40.1 Å². The first-order chi connectivity index (χ1) is 18.6. The molecule has 2 amide bonds. The summed E-state index contributed by atoms with van der Waals surface area (Å²) in [6.07, 6.45) is 0.261. The molecule has 0 fully saturated rings. The first-order valence-corrected chi connectivity index (χ1v) is 13.1. The Bertz CT molecular complexity index is 1250. The fraction of sp³-hybridized carbons (Fsp3) is 0.615. The number of aromatic nitrogens is 4. The minimum atomic E-state index is -1.05. The smallest absolute Gasteiger partial charge is 0.410 e. The number of amides is 2. The predicted octanol–water partition coefficient (Wildman–Crippen LogP) is 3.28. The standard InChI is InChI=1S/C14H21N3O4.C12H17N3O4/c1-5-20-12(18)11-9-6-7-17(8-10(9)15-16-11)13(19)21-14(2,3)4;1-12(2,3)19-11(18)15-5-4-7-8(6-15)13-14-9(7)10(16)17/h5-8H2,1-4H3,(H,15,16);4-6H2,1-3H3,(H,13,14)(H,16,17). The van der Waals surface area contributed by atoms with Crippen molar-refractivity contribution in [1.82, 2.24) is 30.2 Å². The van der Waals surface area contributed by atoms with Gasteiger partial charge in [0.15, 0.2) is 11.4 Å². The monoisotopic (exact) mass is 562 g/mol. The lowest BCUT2D eigenvalue weighted by molar-refractivity contribution is 0.0211. The normalized spacial score (nSPS) is 14.8. The van der Waals surface area contributed by atoms with Gasteiger partial charge in [0.25, 0.3) is 0 Å². The van der Waals surface area contributed by atoms with Crippen molar-refractivity contribution in [1.29, 1.82) is 0 Å². The van der Waals surface area contributed by atoms with Crippen LogP contribution in [0.1, 0.15) is 92.0 Å². The number of hydrogen-bond acceptors (Lipinski definition) is 9. The van der Waals surface area contributed by atoms with Crippen LogP contribution in [0.15, 0.2) is 0 Å². The molecule has 220 valence electrons. The number of esters is 1. The number of hydrogen-bond donors (Lipinski definition) is 3. The van der Waals surface area contributed by atoms with Crippen molar-refractivity contribution in [3.8, 4) is 0 Å². The van der Waals surface area contributed by atoms with Gasteiger partial charge in [-0.25, -0.2) is 19.2 Å². The third-order valence-electron chi connectivity index (χ3n) is 5.84. The van der Waals surface area contributed by atoms with Gasteiger partial charge in [0.05, 0.1) is 31.1 Å². The number of nitrogens with zero attached hydrogens (tertiary/aromatic N) is 4. The van der Waals surface area contributed by atoms with E-state index in [2.05, 4.69) is 20.4 Å². The van der Waals surface area contributed by atoms with Gasteiger partial charge in [-0.05, 0) is 61.3 Å². The molecule has 0 aliphatic carbocycles. The Morgan fingerprint density at radius 3 is 1.62 bits per heavy atom. The number of rotatable bonds is 3. The number of carbonyl (C=O) groups excluding carboxylic acids is 3. The van der Waals surface area contributed by atoms with Crippen LogP contribution in [0.5, 0.6) is 0 Å². The average molecular weight is 563 g/mol. The number of fused-ring (bicyclic) bond motifs is 2. The molecule has 4 heterocycles. The maximum Gasteiger partial charge on any atom is 0.410 e. The molecule has 2 aromatic heterocycles. The van der Waals surface area contributed by atoms with Crippen LogP contribution in [-0.4, -0.2) is 90.3 Å². The molecule has 0 unspecified atom stereocenters. The van der Waals surface area contributed by atoms with Gasteiger partial charge in [-0.1, -0.05) is 0 Å². The maximum atomic E-state index is 12.0. The van der Waals surface area contributed by atoms with Crippen LogP contribution < -0.4 is 0 Å². The summed E-state index contributed by atoms with van der Waals surface area (Å²) in [7, 11) is 0. The molecule has 2 aliphatic rings.